The molecule has 0 spiro atoms. The Bertz CT molecular complexity index is 363. The summed E-state index contributed by atoms with van der Waals surface area (Å²) in [6.45, 7) is 3.71. The number of nitrogen functional groups attached to an aromatic ring is 1. The van der Waals surface area contributed by atoms with Gasteiger partial charge in [0, 0.05) is 18.2 Å². The molecule has 1 rings (SSSR count). The van der Waals surface area contributed by atoms with Gasteiger partial charge in [0.25, 0.3) is 0 Å². The van der Waals surface area contributed by atoms with Crippen LogP contribution in [0.5, 0.6) is 0 Å². The lowest BCUT2D eigenvalue weighted by molar-refractivity contribution is -0.118. The van der Waals surface area contributed by atoms with E-state index in [9.17, 15) is 4.79 Å². The first kappa shape index (κ1) is 11.2. The molecule has 1 amide bonds. The lowest BCUT2D eigenvalue weighted by Gasteiger charge is -2.25. The first-order valence-electron chi connectivity index (χ1n) is 4.54. The molecule has 0 aliphatic carbocycles. The van der Waals surface area contributed by atoms with Crippen LogP contribution in [0.25, 0.3) is 0 Å². The largest absolute Gasteiger partial charge is 0.370 e. The number of hydrogen-bond donors (Lipinski definition) is 3. The Morgan fingerprint density at radius 1 is 1.60 bits per heavy atom. The average molecular weight is 209 g/mol. The molecule has 0 atom stereocenters. The van der Waals surface area contributed by atoms with E-state index in [0.29, 0.717) is 5.82 Å². The van der Waals surface area contributed by atoms with Gasteiger partial charge < -0.3 is 16.8 Å². The van der Waals surface area contributed by atoms with Gasteiger partial charge in [0.15, 0.2) is 0 Å². The molecule has 1 heterocycles. The third kappa shape index (κ3) is 3.80. The number of anilines is 2. The normalized spacial score (nSPS) is 11.1. The van der Waals surface area contributed by atoms with Crippen molar-refractivity contribution in [2.24, 2.45) is 5.73 Å². The maximum Gasteiger partial charge on any atom is 0.221 e. The first-order chi connectivity index (χ1) is 6.89. The highest BCUT2D eigenvalue weighted by atomic mass is 16.1. The molecule has 0 aromatic carbocycles. The van der Waals surface area contributed by atoms with Gasteiger partial charge in [-0.1, -0.05) is 0 Å². The summed E-state index contributed by atoms with van der Waals surface area (Å²) >= 11 is 0. The van der Waals surface area contributed by atoms with Crippen molar-refractivity contribution in [1.29, 1.82) is 0 Å². The Kier molecular flexibility index (Phi) is 3.08. The molecular formula is C9H15N5O. The van der Waals surface area contributed by atoms with Crippen molar-refractivity contribution in [2.75, 3.05) is 11.1 Å². The summed E-state index contributed by atoms with van der Waals surface area (Å²) in [5.41, 5.74) is 10.1. The van der Waals surface area contributed by atoms with Crippen LogP contribution in [0.15, 0.2) is 12.3 Å². The third-order valence-corrected chi connectivity index (χ3v) is 1.76. The van der Waals surface area contributed by atoms with E-state index in [1.165, 1.54) is 0 Å². The zero-order valence-corrected chi connectivity index (χ0v) is 8.82. The second kappa shape index (κ2) is 4.12. The SMILES string of the molecule is CC(C)(CC(N)=O)Nc1ccnc(N)n1. The van der Waals surface area contributed by atoms with E-state index >= 15 is 0 Å². The highest BCUT2D eigenvalue weighted by molar-refractivity contribution is 5.75. The topological polar surface area (TPSA) is 107 Å². The Hall–Kier alpha value is -1.85. The number of primary amides is 1. The Morgan fingerprint density at radius 3 is 2.80 bits per heavy atom. The Labute approximate surface area is 88.1 Å². The summed E-state index contributed by atoms with van der Waals surface area (Å²) in [5.74, 6) is 0.401. The zero-order chi connectivity index (χ0) is 11.5. The van der Waals surface area contributed by atoms with E-state index in [4.69, 9.17) is 11.5 Å². The minimum atomic E-state index is -0.452. The number of nitrogens with zero attached hydrogens (tertiary/aromatic N) is 2. The molecule has 0 bridgehead atoms. The lowest BCUT2D eigenvalue weighted by atomic mass is 10.0. The molecule has 1 aromatic rings. The summed E-state index contributed by atoms with van der Waals surface area (Å²) in [7, 11) is 0. The van der Waals surface area contributed by atoms with Crippen molar-refractivity contribution in [3.8, 4) is 0 Å². The van der Waals surface area contributed by atoms with E-state index in [0.717, 1.165) is 0 Å². The summed E-state index contributed by atoms with van der Waals surface area (Å²) in [4.78, 5) is 18.5. The van der Waals surface area contributed by atoms with Crippen LogP contribution in [0, 0.1) is 0 Å². The molecule has 0 fully saturated rings. The van der Waals surface area contributed by atoms with Crippen molar-refractivity contribution in [3.63, 3.8) is 0 Å². The maximum atomic E-state index is 10.8. The molecule has 0 saturated carbocycles. The molecule has 0 saturated heterocycles. The quantitative estimate of drug-likeness (QED) is 0.653. The smallest absolute Gasteiger partial charge is 0.221 e. The van der Waals surface area contributed by atoms with E-state index in [1.54, 1.807) is 12.3 Å². The van der Waals surface area contributed by atoms with Crippen molar-refractivity contribution in [2.45, 2.75) is 25.8 Å². The molecule has 6 nitrogen and oxygen atoms in total. The van der Waals surface area contributed by atoms with Gasteiger partial charge >= 0.3 is 0 Å². The standard InChI is InChI=1S/C9H15N5O/c1-9(2,5-6(10)15)14-7-3-4-12-8(11)13-7/h3-4H,5H2,1-2H3,(H2,10,15)(H3,11,12,13,14). The number of nitrogens with two attached hydrogens (primary N) is 2. The van der Waals surface area contributed by atoms with Crippen LogP contribution < -0.4 is 16.8 Å². The van der Waals surface area contributed by atoms with E-state index < -0.39 is 5.54 Å². The van der Waals surface area contributed by atoms with Gasteiger partial charge in [-0.3, -0.25) is 4.79 Å². The van der Waals surface area contributed by atoms with Crippen LogP contribution in [0.4, 0.5) is 11.8 Å². The van der Waals surface area contributed by atoms with Crippen LogP contribution in [0.3, 0.4) is 0 Å². The van der Waals surface area contributed by atoms with Crippen LogP contribution in [-0.4, -0.2) is 21.4 Å². The summed E-state index contributed by atoms with van der Waals surface area (Å²) in [5, 5.41) is 3.06. The Morgan fingerprint density at radius 2 is 2.27 bits per heavy atom. The number of hydrogen-bond acceptors (Lipinski definition) is 5. The monoisotopic (exact) mass is 209 g/mol. The van der Waals surface area contributed by atoms with Gasteiger partial charge in [0.05, 0.1) is 0 Å². The molecule has 0 unspecified atom stereocenters. The number of nitrogens with one attached hydrogen (secondary N) is 1. The number of aromatic nitrogens is 2. The van der Waals surface area contributed by atoms with Crippen molar-refractivity contribution >= 4 is 17.7 Å². The molecule has 0 aliphatic heterocycles. The van der Waals surface area contributed by atoms with Crippen molar-refractivity contribution in [1.82, 2.24) is 9.97 Å². The summed E-state index contributed by atoms with van der Waals surface area (Å²) in [6, 6.07) is 1.68. The molecule has 1 aromatic heterocycles. The van der Waals surface area contributed by atoms with Crippen LogP contribution in [-0.2, 0) is 4.79 Å². The van der Waals surface area contributed by atoms with Crippen LogP contribution in [0.2, 0.25) is 0 Å². The van der Waals surface area contributed by atoms with E-state index in [1.807, 2.05) is 13.8 Å². The summed E-state index contributed by atoms with van der Waals surface area (Å²) < 4.78 is 0. The highest BCUT2D eigenvalue weighted by Crippen LogP contribution is 2.15. The highest BCUT2D eigenvalue weighted by Gasteiger charge is 2.20. The van der Waals surface area contributed by atoms with Gasteiger partial charge in [-0.25, -0.2) is 4.98 Å². The molecule has 0 aliphatic rings. The number of rotatable bonds is 4. The van der Waals surface area contributed by atoms with Gasteiger partial charge in [-0.05, 0) is 19.9 Å². The molecule has 6 heteroatoms. The predicted molar refractivity (Wildman–Crippen MR) is 58.0 cm³/mol. The lowest BCUT2D eigenvalue weighted by Crippen LogP contribution is -2.36. The number of carbonyl (C=O) groups is 1. The van der Waals surface area contributed by atoms with Crippen LogP contribution >= 0.6 is 0 Å². The third-order valence-electron chi connectivity index (χ3n) is 1.76. The molecule has 15 heavy (non-hydrogen) atoms. The zero-order valence-electron chi connectivity index (χ0n) is 8.82. The van der Waals surface area contributed by atoms with Gasteiger partial charge in [0.2, 0.25) is 11.9 Å². The fraction of sp³-hybridized carbons (Fsp3) is 0.444. The van der Waals surface area contributed by atoms with Crippen molar-refractivity contribution in [3.05, 3.63) is 12.3 Å². The second-order valence-electron chi connectivity index (χ2n) is 3.95. The minimum absolute atomic E-state index is 0.190. The first-order valence-corrected chi connectivity index (χ1v) is 4.54. The molecular weight excluding hydrogens is 194 g/mol. The average Bonchev–Trinajstić information content (AvgIpc) is 1.99. The second-order valence-corrected chi connectivity index (χ2v) is 3.95. The maximum absolute atomic E-state index is 10.8. The van der Waals surface area contributed by atoms with Gasteiger partial charge in [-0.15, -0.1) is 0 Å². The van der Waals surface area contributed by atoms with Gasteiger partial charge in [0.1, 0.15) is 5.82 Å². The van der Waals surface area contributed by atoms with Crippen molar-refractivity contribution < 1.29 is 4.79 Å². The fourth-order valence-electron chi connectivity index (χ4n) is 1.27. The molecule has 5 N–H and O–H groups in total. The van der Waals surface area contributed by atoms with E-state index in [2.05, 4.69) is 15.3 Å². The summed E-state index contributed by atoms with van der Waals surface area (Å²) in [6.07, 6.45) is 1.77. The predicted octanol–water partition coefficient (Wildman–Crippen LogP) is 0.125. The minimum Gasteiger partial charge on any atom is -0.370 e. The van der Waals surface area contributed by atoms with E-state index in [-0.39, 0.29) is 18.3 Å². The Balaban J connectivity index is 2.72. The molecule has 0 radical (unpaired) electrons. The fourth-order valence-corrected chi connectivity index (χ4v) is 1.27. The molecule has 82 valence electrons. The van der Waals surface area contributed by atoms with Crippen LogP contribution in [0.1, 0.15) is 20.3 Å². The number of carbonyl (C=O) groups excluding carboxylic acids is 1. The van der Waals surface area contributed by atoms with Gasteiger partial charge in [-0.2, -0.15) is 4.98 Å². The number of amides is 1.